The average Bonchev–Trinajstić information content (AvgIpc) is 3.35. The number of benzene rings is 1. The van der Waals surface area contributed by atoms with Crippen molar-refractivity contribution in [2.24, 2.45) is 0 Å². The molecule has 3 heterocycles. The summed E-state index contributed by atoms with van der Waals surface area (Å²) in [6, 6.07) is 11.1. The van der Waals surface area contributed by atoms with Crippen molar-refractivity contribution < 1.29 is 13.9 Å². The van der Waals surface area contributed by atoms with Gasteiger partial charge in [0.15, 0.2) is 11.5 Å². The molecule has 1 aliphatic rings. The highest BCUT2D eigenvalue weighted by Crippen LogP contribution is 2.33. The Bertz CT molecular complexity index is 856. The van der Waals surface area contributed by atoms with Crippen LogP contribution in [0.4, 0.5) is 0 Å². The van der Waals surface area contributed by atoms with Crippen LogP contribution < -0.4 is 0 Å². The molecule has 1 atom stereocenters. The standard InChI is InChI=1S/C17H16N4O3/c1-11-16(20-24-18-11)14-8-5-9-21(14)17(22)13-10-15(23-19-13)12-6-3-2-4-7-12/h2-4,6-7,10,14H,5,8-9H2,1H3. The molecule has 0 spiro atoms. The Labute approximate surface area is 138 Å². The highest BCUT2D eigenvalue weighted by molar-refractivity contribution is 5.93. The fourth-order valence-electron chi connectivity index (χ4n) is 3.10. The zero-order valence-electron chi connectivity index (χ0n) is 13.2. The molecule has 3 aromatic rings. The molecular formula is C17H16N4O3. The summed E-state index contributed by atoms with van der Waals surface area (Å²) in [6.45, 7) is 2.49. The van der Waals surface area contributed by atoms with Gasteiger partial charge in [0.1, 0.15) is 11.4 Å². The van der Waals surface area contributed by atoms with Gasteiger partial charge in [0.25, 0.3) is 5.91 Å². The molecule has 122 valence electrons. The first-order valence-corrected chi connectivity index (χ1v) is 7.86. The van der Waals surface area contributed by atoms with E-state index in [1.54, 1.807) is 11.0 Å². The SMILES string of the molecule is Cc1nonc1C1CCCN1C(=O)c1cc(-c2ccccc2)on1. The zero-order chi connectivity index (χ0) is 16.5. The van der Waals surface area contributed by atoms with Gasteiger partial charge in [-0.2, -0.15) is 0 Å². The largest absolute Gasteiger partial charge is 0.355 e. The summed E-state index contributed by atoms with van der Waals surface area (Å²) in [5.41, 5.74) is 2.62. The van der Waals surface area contributed by atoms with Crippen molar-refractivity contribution >= 4 is 5.91 Å². The molecule has 1 amide bonds. The maximum absolute atomic E-state index is 12.8. The number of likely N-dealkylation sites (tertiary alicyclic amines) is 1. The lowest BCUT2D eigenvalue weighted by atomic mass is 10.1. The van der Waals surface area contributed by atoms with Gasteiger partial charge in [-0.05, 0) is 19.8 Å². The second kappa shape index (κ2) is 5.92. The van der Waals surface area contributed by atoms with Crippen molar-refractivity contribution in [2.45, 2.75) is 25.8 Å². The van der Waals surface area contributed by atoms with Crippen LogP contribution in [-0.2, 0) is 0 Å². The van der Waals surface area contributed by atoms with E-state index in [4.69, 9.17) is 9.15 Å². The minimum atomic E-state index is -0.161. The van der Waals surface area contributed by atoms with Crippen LogP contribution in [0, 0.1) is 6.92 Å². The molecule has 7 heteroatoms. The molecular weight excluding hydrogens is 308 g/mol. The maximum Gasteiger partial charge on any atom is 0.276 e. The van der Waals surface area contributed by atoms with E-state index in [-0.39, 0.29) is 11.9 Å². The Morgan fingerprint density at radius 3 is 2.79 bits per heavy atom. The Hall–Kier alpha value is -2.96. The first kappa shape index (κ1) is 14.6. The third-order valence-corrected chi connectivity index (χ3v) is 4.30. The van der Waals surface area contributed by atoms with Gasteiger partial charge in [0, 0.05) is 18.2 Å². The smallest absolute Gasteiger partial charge is 0.276 e. The molecule has 0 radical (unpaired) electrons. The zero-order valence-corrected chi connectivity index (χ0v) is 13.2. The molecule has 2 aromatic heterocycles. The van der Waals surface area contributed by atoms with E-state index in [1.807, 2.05) is 37.3 Å². The van der Waals surface area contributed by atoms with Crippen LogP contribution in [0.5, 0.6) is 0 Å². The van der Waals surface area contributed by atoms with E-state index in [1.165, 1.54) is 0 Å². The van der Waals surface area contributed by atoms with Crippen molar-refractivity contribution in [2.75, 3.05) is 6.54 Å². The van der Waals surface area contributed by atoms with E-state index in [0.717, 1.165) is 18.4 Å². The number of hydrogen-bond donors (Lipinski definition) is 0. The molecule has 1 fully saturated rings. The average molecular weight is 324 g/mol. The summed E-state index contributed by atoms with van der Waals surface area (Å²) in [5, 5.41) is 11.7. The molecule has 4 rings (SSSR count). The Morgan fingerprint density at radius 1 is 1.21 bits per heavy atom. The number of rotatable bonds is 3. The fraction of sp³-hybridized carbons (Fsp3) is 0.294. The monoisotopic (exact) mass is 324 g/mol. The summed E-state index contributed by atoms with van der Waals surface area (Å²) >= 11 is 0. The van der Waals surface area contributed by atoms with Gasteiger partial charge < -0.3 is 9.42 Å². The van der Waals surface area contributed by atoms with Crippen molar-refractivity contribution in [3.05, 3.63) is 53.5 Å². The predicted molar refractivity (Wildman–Crippen MR) is 84.0 cm³/mol. The third kappa shape index (κ3) is 2.47. The Kier molecular flexibility index (Phi) is 3.60. The number of hydrogen-bond acceptors (Lipinski definition) is 6. The number of nitrogens with zero attached hydrogens (tertiary/aromatic N) is 4. The van der Waals surface area contributed by atoms with Crippen LogP contribution in [0.1, 0.15) is 40.8 Å². The van der Waals surface area contributed by atoms with Gasteiger partial charge in [-0.3, -0.25) is 4.79 Å². The third-order valence-electron chi connectivity index (χ3n) is 4.30. The highest BCUT2D eigenvalue weighted by Gasteiger charge is 2.35. The van der Waals surface area contributed by atoms with Crippen molar-refractivity contribution in [1.29, 1.82) is 0 Å². The summed E-state index contributed by atoms with van der Waals surface area (Å²) in [7, 11) is 0. The van der Waals surface area contributed by atoms with Crippen LogP contribution in [0.15, 0.2) is 45.6 Å². The van der Waals surface area contributed by atoms with Gasteiger partial charge in [-0.25, -0.2) is 4.63 Å². The van der Waals surface area contributed by atoms with E-state index in [2.05, 4.69) is 15.5 Å². The lowest BCUT2D eigenvalue weighted by Gasteiger charge is -2.21. The molecule has 0 N–H and O–H groups in total. The van der Waals surface area contributed by atoms with Gasteiger partial charge in [0.05, 0.1) is 6.04 Å². The minimum Gasteiger partial charge on any atom is -0.355 e. The molecule has 1 saturated heterocycles. The van der Waals surface area contributed by atoms with Crippen molar-refractivity contribution in [1.82, 2.24) is 20.4 Å². The van der Waals surface area contributed by atoms with Gasteiger partial charge in [-0.15, -0.1) is 0 Å². The van der Waals surface area contributed by atoms with E-state index in [0.29, 0.717) is 29.4 Å². The fourth-order valence-corrected chi connectivity index (χ4v) is 3.10. The number of carbonyl (C=O) groups excluding carboxylic acids is 1. The first-order chi connectivity index (χ1) is 11.7. The lowest BCUT2D eigenvalue weighted by molar-refractivity contribution is 0.0720. The summed E-state index contributed by atoms with van der Waals surface area (Å²) < 4.78 is 10.1. The molecule has 24 heavy (non-hydrogen) atoms. The molecule has 1 unspecified atom stereocenters. The Morgan fingerprint density at radius 2 is 2.04 bits per heavy atom. The van der Waals surface area contributed by atoms with Crippen LogP contribution >= 0.6 is 0 Å². The first-order valence-electron chi connectivity index (χ1n) is 7.86. The molecule has 1 aliphatic heterocycles. The van der Waals surface area contributed by atoms with E-state index >= 15 is 0 Å². The summed E-state index contributed by atoms with van der Waals surface area (Å²) in [6.07, 6.45) is 1.75. The number of aryl methyl sites for hydroxylation is 1. The quantitative estimate of drug-likeness (QED) is 0.736. The molecule has 0 saturated carbocycles. The van der Waals surface area contributed by atoms with Crippen LogP contribution in [0.3, 0.4) is 0 Å². The van der Waals surface area contributed by atoms with Gasteiger partial charge >= 0.3 is 0 Å². The van der Waals surface area contributed by atoms with E-state index in [9.17, 15) is 4.79 Å². The normalized spacial score (nSPS) is 17.4. The number of amides is 1. The maximum atomic E-state index is 12.8. The molecule has 1 aromatic carbocycles. The summed E-state index contributed by atoms with van der Waals surface area (Å²) in [4.78, 5) is 14.6. The van der Waals surface area contributed by atoms with E-state index < -0.39 is 0 Å². The minimum absolute atomic E-state index is 0.124. The van der Waals surface area contributed by atoms with Crippen LogP contribution in [0.2, 0.25) is 0 Å². The predicted octanol–water partition coefficient (Wildman–Crippen LogP) is 3.01. The second-order valence-corrected chi connectivity index (χ2v) is 5.83. The van der Waals surface area contributed by atoms with Crippen LogP contribution in [0.25, 0.3) is 11.3 Å². The van der Waals surface area contributed by atoms with Crippen molar-refractivity contribution in [3.8, 4) is 11.3 Å². The lowest BCUT2D eigenvalue weighted by Crippen LogP contribution is -2.31. The van der Waals surface area contributed by atoms with Crippen molar-refractivity contribution in [3.63, 3.8) is 0 Å². The van der Waals surface area contributed by atoms with Gasteiger partial charge in [0.2, 0.25) is 0 Å². The van der Waals surface area contributed by atoms with Crippen LogP contribution in [-0.4, -0.2) is 32.8 Å². The summed E-state index contributed by atoms with van der Waals surface area (Å²) in [5.74, 6) is 0.416. The molecule has 7 nitrogen and oxygen atoms in total. The molecule has 0 bridgehead atoms. The number of aromatic nitrogens is 3. The van der Waals surface area contributed by atoms with Gasteiger partial charge in [-0.1, -0.05) is 45.8 Å². The molecule has 0 aliphatic carbocycles. The topological polar surface area (TPSA) is 85.3 Å². The Balaban J connectivity index is 1.60. The number of carbonyl (C=O) groups is 1. The highest BCUT2D eigenvalue weighted by atomic mass is 16.6. The second-order valence-electron chi connectivity index (χ2n) is 5.83.